The zero-order valence-electron chi connectivity index (χ0n) is 14.1. The van der Waals surface area contributed by atoms with E-state index >= 15 is 0 Å². The average molecular weight is 342 g/mol. The molecular formula is C18H18N2O5. The molecule has 0 amide bonds. The highest BCUT2D eigenvalue weighted by atomic mass is 16.5. The van der Waals surface area contributed by atoms with E-state index < -0.39 is 0 Å². The number of nitrogens with two attached hydrogens (primary N) is 1. The van der Waals surface area contributed by atoms with Gasteiger partial charge >= 0.3 is 0 Å². The second-order valence-corrected chi connectivity index (χ2v) is 5.21. The van der Waals surface area contributed by atoms with Crippen LogP contribution in [0.2, 0.25) is 0 Å². The van der Waals surface area contributed by atoms with Crippen molar-refractivity contribution in [2.75, 3.05) is 27.1 Å². The van der Waals surface area contributed by atoms with Crippen LogP contribution in [0.1, 0.15) is 0 Å². The number of anilines is 1. The zero-order chi connectivity index (χ0) is 18.0. The van der Waals surface area contributed by atoms with E-state index in [1.54, 1.807) is 44.6 Å². The number of methoxy groups -OCH3 is 3. The van der Waals surface area contributed by atoms with E-state index in [0.29, 0.717) is 40.0 Å². The Bertz CT molecular complexity index is 882. The van der Waals surface area contributed by atoms with Gasteiger partial charge in [0.2, 0.25) is 5.89 Å². The summed E-state index contributed by atoms with van der Waals surface area (Å²) in [5, 5.41) is 10.3. The van der Waals surface area contributed by atoms with E-state index in [4.69, 9.17) is 24.4 Å². The molecule has 0 aliphatic rings. The summed E-state index contributed by atoms with van der Waals surface area (Å²) < 4.78 is 21.4. The predicted octanol–water partition coefficient (Wildman–Crippen LogP) is 3.32. The minimum atomic E-state index is -0.120. The fraction of sp³-hybridized carbons (Fsp3) is 0.167. The van der Waals surface area contributed by atoms with Gasteiger partial charge in [-0.25, -0.2) is 4.98 Å². The maximum Gasteiger partial charge on any atom is 0.226 e. The summed E-state index contributed by atoms with van der Waals surface area (Å²) in [6, 6.07) is 8.62. The molecule has 3 rings (SSSR count). The largest absolute Gasteiger partial charge is 0.505 e. The van der Waals surface area contributed by atoms with Crippen LogP contribution in [0.5, 0.6) is 23.0 Å². The second kappa shape index (κ2) is 6.64. The number of aromatic nitrogens is 1. The molecule has 7 heteroatoms. The summed E-state index contributed by atoms with van der Waals surface area (Å²) >= 11 is 0. The van der Waals surface area contributed by atoms with Crippen LogP contribution in [0, 0.1) is 0 Å². The molecule has 0 spiro atoms. The highest BCUT2D eigenvalue weighted by Gasteiger charge is 2.17. The molecule has 0 aliphatic carbocycles. The van der Waals surface area contributed by atoms with E-state index in [1.165, 1.54) is 13.3 Å². The Labute approximate surface area is 144 Å². The lowest BCUT2D eigenvalue weighted by Gasteiger charge is -2.09. The van der Waals surface area contributed by atoms with Gasteiger partial charge in [0.05, 0.1) is 33.1 Å². The van der Waals surface area contributed by atoms with Crippen LogP contribution in [0.3, 0.4) is 0 Å². The Morgan fingerprint density at radius 1 is 1.00 bits per heavy atom. The standard InChI is InChI=1S/C18H18N2O5/c1-22-11-6-10(7-12(8-11)23-2)18-20-9-15(25-18)13-4-5-14(24-3)16(19)17(13)21/h4-9,21H,19H2,1-3H3. The molecule has 3 aromatic rings. The smallest absolute Gasteiger partial charge is 0.226 e. The molecule has 0 unspecified atom stereocenters. The van der Waals surface area contributed by atoms with E-state index in [9.17, 15) is 5.11 Å². The van der Waals surface area contributed by atoms with E-state index in [1.807, 2.05) is 0 Å². The summed E-state index contributed by atoms with van der Waals surface area (Å²) in [6.45, 7) is 0. The Morgan fingerprint density at radius 3 is 2.28 bits per heavy atom. The Balaban J connectivity index is 2.03. The molecule has 0 atom stereocenters. The van der Waals surface area contributed by atoms with Gasteiger partial charge in [-0.2, -0.15) is 0 Å². The first-order valence-electron chi connectivity index (χ1n) is 7.42. The predicted molar refractivity (Wildman–Crippen MR) is 93.1 cm³/mol. The van der Waals surface area contributed by atoms with Crippen LogP contribution in [0.4, 0.5) is 5.69 Å². The van der Waals surface area contributed by atoms with Crippen LogP contribution in [-0.4, -0.2) is 31.4 Å². The Hall–Kier alpha value is -3.35. The molecule has 3 N–H and O–H groups in total. The van der Waals surface area contributed by atoms with E-state index in [0.717, 1.165) is 0 Å². The molecule has 25 heavy (non-hydrogen) atoms. The zero-order valence-corrected chi connectivity index (χ0v) is 14.1. The van der Waals surface area contributed by atoms with Crippen molar-refractivity contribution < 1.29 is 23.7 Å². The van der Waals surface area contributed by atoms with Gasteiger partial charge in [0.1, 0.15) is 22.9 Å². The number of benzene rings is 2. The fourth-order valence-corrected chi connectivity index (χ4v) is 2.43. The lowest BCUT2D eigenvalue weighted by molar-refractivity contribution is 0.394. The number of nitrogens with zero attached hydrogens (tertiary/aromatic N) is 1. The minimum Gasteiger partial charge on any atom is -0.505 e. The van der Waals surface area contributed by atoms with Crippen molar-refractivity contribution in [2.24, 2.45) is 0 Å². The first kappa shape index (κ1) is 16.5. The number of hydrogen-bond donors (Lipinski definition) is 2. The van der Waals surface area contributed by atoms with Gasteiger partial charge in [-0.3, -0.25) is 0 Å². The number of ether oxygens (including phenoxy) is 3. The summed E-state index contributed by atoms with van der Waals surface area (Å²) in [6.07, 6.45) is 1.52. The molecule has 0 fully saturated rings. The van der Waals surface area contributed by atoms with Crippen LogP contribution in [0.25, 0.3) is 22.8 Å². The number of phenolic OH excluding ortho intramolecular Hbond substituents is 1. The lowest BCUT2D eigenvalue weighted by Crippen LogP contribution is -1.93. The quantitative estimate of drug-likeness (QED) is 0.542. The number of nitrogen functional groups attached to an aromatic ring is 1. The molecule has 130 valence electrons. The van der Waals surface area contributed by atoms with Crippen LogP contribution >= 0.6 is 0 Å². The van der Waals surface area contributed by atoms with Crippen LogP contribution in [0.15, 0.2) is 40.9 Å². The summed E-state index contributed by atoms with van der Waals surface area (Å²) in [7, 11) is 4.61. The van der Waals surface area contributed by atoms with Gasteiger partial charge in [-0.1, -0.05) is 0 Å². The first-order valence-corrected chi connectivity index (χ1v) is 7.42. The molecule has 1 heterocycles. The van der Waals surface area contributed by atoms with Crippen molar-refractivity contribution in [3.8, 4) is 45.8 Å². The number of aromatic hydroxyl groups is 1. The summed E-state index contributed by atoms with van der Waals surface area (Å²) in [5.41, 5.74) is 7.10. The van der Waals surface area contributed by atoms with Gasteiger partial charge in [0, 0.05) is 11.6 Å². The highest BCUT2D eigenvalue weighted by Crippen LogP contribution is 2.41. The Kier molecular flexibility index (Phi) is 4.38. The molecule has 0 aliphatic heterocycles. The maximum atomic E-state index is 10.3. The molecule has 0 saturated heterocycles. The number of hydrogen-bond acceptors (Lipinski definition) is 7. The van der Waals surface area contributed by atoms with Crippen molar-refractivity contribution in [2.45, 2.75) is 0 Å². The van der Waals surface area contributed by atoms with Crippen molar-refractivity contribution in [1.29, 1.82) is 0 Å². The number of phenols is 1. The fourth-order valence-electron chi connectivity index (χ4n) is 2.43. The van der Waals surface area contributed by atoms with Gasteiger partial charge in [0.15, 0.2) is 11.5 Å². The SMILES string of the molecule is COc1cc(OC)cc(-c2ncc(-c3ccc(OC)c(N)c3O)o2)c1. The van der Waals surface area contributed by atoms with Gasteiger partial charge in [0.25, 0.3) is 0 Å². The highest BCUT2D eigenvalue weighted by molar-refractivity contribution is 5.78. The molecule has 0 radical (unpaired) electrons. The minimum absolute atomic E-state index is 0.120. The van der Waals surface area contributed by atoms with Crippen LogP contribution < -0.4 is 19.9 Å². The van der Waals surface area contributed by atoms with Crippen molar-refractivity contribution in [3.63, 3.8) is 0 Å². The summed E-state index contributed by atoms with van der Waals surface area (Å²) in [5.74, 6) is 2.24. The monoisotopic (exact) mass is 342 g/mol. The van der Waals surface area contributed by atoms with E-state index in [2.05, 4.69) is 4.98 Å². The molecule has 2 aromatic carbocycles. The normalized spacial score (nSPS) is 10.5. The van der Waals surface area contributed by atoms with E-state index in [-0.39, 0.29) is 11.4 Å². The van der Waals surface area contributed by atoms with Crippen LogP contribution in [-0.2, 0) is 0 Å². The molecule has 0 saturated carbocycles. The van der Waals surface area contributed by atoms with Crippen molar-refractivity contribution in [1.82, 2.24) is 4.98 Å². The van der Waals surface area contributed by atoms with Gasteiger partial charge in [-0.15, -0.1) is 0 Å². The summed E-state index contributed by atoms with van der Waals surface area (Å²) in [4.78, 5) is 4.27. The topological polar surface area (TPSA) is 100.0 Å². The Morgan fingerprint density at radius 2 is 1.68 bits per heavy atom. The lowest BCUT2D eigenvalue weighted by atomic mass is 10.1. The maximum absolute atomic E-state index is 10.3. The third-order valence-corrected chi connectivity index (χ3v) is 3.77. The first-order chi connectivity index (χ1) is 12.1. The average Bonchev–Trinajstić information content (AvgIpc) is 3.13. The van der Waals surface area contributed by atoms with Gasteiger partial charge < -0.3 is 29.5 Å². The molecule has 7 nitrogen and oxygen atoms in total. The molecule has 0 bridgehead atoms. The third kappa shape index (κ3) is 3.03. The number of rotatable bonds is 5. The molecular weight excluding hydrogens is 324 g/mol. The molecule has 1 aromatic heterocycles. The third-order valence-electron chi connectivity index (χ3n) is 3.77. The second-order valence-electron chi connectivity index (χ2n) is 5.21. The van der Waals surface area contributed by atoms with Crippen molar-refractivity contribution in [3.05, 3.63) is 36.5 Å². The van der Waals surface area contributed by atoms with Crippen molar-refractivity contribution >= 4 is 5.69 Å². The van der Waals surface area contributed by atoms with Gasteiger partial charge in [-0.05, 0) is 24.3 Å². The number of oxazole rings is 1.